The zero-order valence-corrected chi connectivity index (χ0v) is 10.6. The average molecular weight is 161 g/mol. The van der Waals surface area contributed by atoms with Crippen LogP contribution < -0.4 is 75.4 Å². The molecule has 36 valence electrons. The maximum Gasteiger partial charge on any atom is 1.00 e. The van der Waals surface area contributed by atoms with Gasteiger partial charge in [-0.15, -0.1) is 0 Å². The van der Waals surface area contributed by atoms with Gasteiger partial charge in [0.15, 0.2) is 0 Å². The van der Waals surface area contributed by atoms with Crippen LogP contribution in [0.5, 0.6) is 0 Å². The SMILES string of the molecule is [CH3-].[CH3-].[CH3-].[CH3-].[Ge].[Li+].[Li+].[Li+].[Li+]. The second kappa shape index (κ2) is 125. The van der Waals surface area contributed by atoms with Crippen LogP contribution in [0.3, 0.4) is 0 Å². The molecule has 0 bridgehead atoms. The van der Waals surface area contributed by atoms with Crippen LogP contribution in [0.4, 0.5) is 0 Å². The molecule has 0 saturated heterocycles. The fraction of sp³-hybridized carbons (Fsp3) is 0. The summed E-state index contributed by atoms with van der Waals surface area (Å²) < 4.78 is 0. The summed E-state index contributed by atoms with van der Waals surface area (Å²) in [6, 6.07) is 0. The van der Waals surface area contributed by atoms with Gasteiger partial charge < -0.3 is 29.7 Å². The Labute approximate surface area is 121 Å². The van der Waals surface area contributed by atoms with E-state index in [1.54, 1.807) is 0 Å². The molecule has 0 fully saturated rings. The summed E-state index contributed by atoms with van der Waals surface area (Å²) in [5, 5.41) is 0. The monoisotopic (exact) mass is 162 g/mol. The maximum absolute atomic E-state index is 0. The molecule has 0 unspecified atom stereocenters. The minimum Gasteiger partial charge on any atom is -0.358 e. The minimum atomic E-state index is 0. The van der Waals surface area contributed by atoms with E-state index in [1.807, 2.05) is 0 Å². The van der Waals surface area contributed by atoms with Crippen LogP contribution in [-0.2, 0) is 0 Å². The topological polar surface area (TPSA) is 0 Å². The summed E-state index contributed by atoms with van der Waals surface area (Å²) in [6.07, 6.45) is 0. The summed E-state index contributed by atoms with van der Waals surface area (Å²) in [4.78, 5) is 0. The van der Waals surface area contributed by atoms with E-state index in [1.165, 1.54) is 0 Å². The summed E-state index contributed by atoms with van der Waals surface area (Å²) in [6.45, 7) is 0. The summed E-state index contributed by atoms with van der Waals surface area (Å²) in [5.74, 6) is 0. The van der Waals surface area contributed by atoms with Crippen LogP contribution >= 0.6 is 0 Å². The smallest absolute Gasteiger partial charge is 0.358 e. The summed E-state index contributed by atoms with van der Waals surface area (Å²) >= 11 is 0. The number of hydrogen-bond donors (Lipinski definition) is 0. The van der Waals surface area contributed by atoms with Gasteiger partial charge in [-0.25, -0.2) is 0 Å². The first-order chi connectivity index (χ1) is 0. The molecule has 0 saturated carbocycles. The third-order valence-electron chi connectivity index (χ3n) is 0. The average Bonchev–Trinajstić information content (AvgIpc) is 0. The van der Waals surface area contributed by atoms with Gasteiger partial charge in [-0.05, 0) is 0 Å². The van der Waals surface area contributed by atoms with Crippen molar-refractivity contribution in [2.75, 3.05) is 0 Å². The minimum absolute atomic E-state index is 0. The van der Waals surface area contributed by atoms with Gasteiger partial charge in [-0.3, -0.25) is 0 Å². The van der Waals surface area contributed by atoms with Crippen molar-refractivity contribution in [3.8, 4) is 0 Å². The molecule has 0 heterocycles. The first-order valence-corrected chi connectivity index (χ1v) is 0. The van der Waals surface area contributed by atoms with Crippen LogP contribution in [0.2, 0.25) is 0 Å². The third-order valence-corrected chi connectivity index (χ3v) is 0. The van der Waals surface area contributed by atoms with E-state index in [4.69, 9.17) is 0 Å². The van der Waals surface area contributed by atoms with Crippen molar-refractivity contribution >= 4 is 17.6 Å². The predicted octanol–water partition coefficient (Wildman–Crippen LogP) is -10.6. The van der Waals surface area contributed by atoms with Gasteiger partial charge in [0.25, 0.3) is 0 Å². The van der Waals surface area contributed by atoms with Crippen LogP contribution in [-0.4, -0.2) is 17.6 Å². The van der Waals surface area contributed by atoms with Gasteiger partial charge in [0.1, 0.15) is 0 Å². The molecule has 0 aromatic heterocycles. The van der Waals surface area contributed by atoms with E-state index in [2.05, 4.69) is 0 Å². The molecule has 4 radical (unpaired) electrons. The van der Waals surface area contributed by atoms with Crippen molar-refractivity contribution in [1.82, 2.24) is 0 Å². The van der Waals surface area contributed by atoms with Crippen LogP contribution in [0, 0.1) is 29.7 Å². The van der Waals surface area contributed by atoms with Crippen molar-refractivity contribution in [3.05, 3.63) is 29.7 Å². The van der Waals surface area contributed by atoms with Crippen molar-refractivity contribution in [2.24, 2.45) is 0 Å². The Morgan fingerprint density at radius 3 is 0.333 bits per heavy atom. The first-order valence-electron chi connectivity index (χ1n) is 0. The van der Waals surface area contributed by atoms with Gasteiger partial charge in [-0.2, -0.15) is 0 Å². The van der Waals surface area contributed by atoms with Crippen molar-refractivity contribution < 1.29 is 75.4 Å². The Bertz CT molecular complexity index is 12.5. The van der Waals surface area contributed by atoms with E-state index < -0.39 is 0 Å². The van der Waals surface area contributed by atoms with Crippen molar-refractivity contribution in [1.29, 1.82) is 0 Å². The summed E-state index contributed by atoms with van der Waals surface area (Å²) in [5.41, 5.74) is 0. The Morgan fingerprint density at radius 1 is 0.333 bits per heavy atom. The number of rotatable bonds is 0. The summed E-state index contributed by atoms with van der Waals surface area (Å²) in [7, 11) is 0. The van der Waals surface area contributed by atoms with Gasteiger partial charge in [0, 0.05) is 17.6 Å². The molecule has 0 N–H and O–H groups in total. The molecule has 0 atom stereocenters. The normalized spacial score (nSPS) is 0. The third kappa shape index (κ3) is 101. The molecule has 0 aliphatic rings. The molecule has 5 heteroatoms. The fourth-order valence-electron chi connectivity index (χ4n) is 0. The molecule has 0 amide bonds. The van der Waals surface area contributed by atoms with Crippen LogP contribution in [0.15, 0.2) is 0 Å². The van der Waals surface area contributed by atoms with E-state index in [0.717, 1.165) is 0 Å². The Kier molecular flexibility index (Phi) is 2310. The molecule has 0 spiro atoms. The Hall–Kier alpha value is 2.93. The Morgan fingerprint density at radius 2 is 0.333 bits per heavy atom. The molecular formula is C4H12GeLi4. The molecule has 9 heavy (non-hydrogen) atoms. The zero-order chi connectivity index (χ0) is 0. The first kappa shape index (κ1) is 166. The van der Waals surface area contributed by atoms with Gasteiger partial charge in [0.2, 0.25) is 0 Å². The van der Waals surface area contributed by atoms with Crippen molar-refractivity contribution in [3.63, 3.8) is 0 Å². The molecule has 0 nitrogen and oxygen atoms in total. The van der Waals surface area contributed by atoms with Crippen LogP contribution in [0.1, 0.15) is 0 Å². The van der Waals surface area contributed by atoms with Gasteiger partial charge >= 0.3 is 75.4 Å². The zero-order valence-electron chi connectivity index (χ0n) is 8.50. The van der Waals surface area contributed by atoms with E-state index in [9.17, 15) is 0 Å². The fourth-order valence-corrected chi connectivity index (χ4v) is 0. The van der Waals surface area contributed by atoms with E-state index in [0.29, 0.717) is 0 Å². The second-order valence-corrected chi connectivity index (χ2v) is 0. The molecule has 0 aliphatic carbocycles. The molecule has 0 aromatic carbocycles. The van der Waals surface area contributed by atoms with Crippen molar-refractivity contribution in [2.45, 2.75) is 0 Å². The van der Waals surface area contributed by atoms with E-state index >= 15 is 0 Å². The molecule has 0 aliphatic heterocycles. The largest absolute Gasteiger partial charge is 1.00 e. The van der Waals surface area contributed by atoms with Crippen LogP contribution in [0.25, 0.3) is 0 Å². The maximum atomic E-state index is 0. The molecule has 0 rings (SSSR count). The standard InChI is InChI=1S/4CH3.Ge.4Li/h4*1H3;;;;;/q4*-1;;4*+1. The quantitative estimate of drug-likeness (QED) is 0.244. The second-order valence-electron chi connectivity index (χ2n) is 0. The van der Waals surface area contributed by atoms with E-state index in [-0.39, 0.29) is 123 Å². The van der Waals surface area contributed by atoms with Gasteiger partial charge in [0.05, 0.1) is 0 Å². The Balaban J connectivity index is 0. The molecular weight excluding hydrogens is 148 g/mol. The number of hydrogen-bond acceptors (Lipinski definition) is 0. The predicted molar refractivity (Wildman–Crippen MR) is 31.4 cm³/mol. The van der Waals surface area contributed by atoms with Gasteiger partial charge in [-0.1, -0.05) is 0 Å². The molecule has 0 aromatic rings.